The molecule has 0 bridgehead atoms. The fraction of sp³-hybridized carbons (Fsp3) is 0.900. The van der Waals surface area contributed by atoms with E-state index in [2.05, 4.69) is 19.8 Å². The first-order valence-corrected chi connectivity index (χ1v) is 9.58. The number of hydrogen-bond acceptors (Lipinski definition) is 1. The molecule has 0 aromatic heterocycles. The van der Waals surface area contributed by atoms with Crippen LogP contribution in [0.1, 0.15) is 117 Å². The van der Waals surface area contributed by atoms with Crippen molar-refractivity contribution in [3.63, 3.8) is 0 Å². The van der Waals surface area contributed by atoms with E-state index in [1.54, 1.807) is 0 Å². The van der Waals surface area contributed by atoms with Crippen LogP contribution < -0.4 is 0 Å². The van der Waals surface area contributed by atoms with E-state index in [1.807, 2.05) is 0 Å². The monoisotopic (exact) mass is 294 g/mol. The molecule has 0 aliphatic carbocycles. The van der Waals surface area contributed by atoms with Gasteiger partial charge in [-0.3, -0.25) is 0 Å². The first kappa shape index (κ1) is 20.5. The quantitative estimate of drug-likeness (QED) is 0.221. The summed E-state index contributed by atoms with van der Waals surface area (Å²) in [4.78, 5) is 11.0. The van der Waals surface area contributed by atoms with Crippen molar-refractivity contribution in [3.8, 4) is 0 Å². The van der Waals surface area contributed by atoms with Crippen LogP contribution in [-0.2, 0) is 4.79 Å². The van der Waals surface area contributed by atoms with Gasteiger partial charge in [-0.15, -0.1) is 0 Å². The van der Waals surface area contributed by atoms with Gasteiger partial charge in [0, 0.05) is 5.57 Å². The molecule has 1 nitrogen and oxygen atoms in total. The lowest BCUT2D eigenvalue weighted by molar-refractivity contribution is 0.552. The minimum atomic E-state index is 0.993. The molecule has 0 N–H and O–H groups in total. The zero-order chi connectivity index (χ0) is 15.6. The number of allylic oxidation sites excluding steroid dienone is 1. The topological polar surface area (TPSA) is 17.1 Å². The van der Waals surface area contributed by atoms with E-state index >= 15 is 0 Å². The number of hydrogen-bond donors (Lipinski definition) is 0. The molecule has 0 aromatic carbocycles. The van der Waals surface area contributed by atoms with E-state index < -0.39 is 0 Å². The summed E-state index contributed by atoms with van der Waals surface area (Å²) < 4.78 is 0. The Morgan fingerprint density at radius 1 is 0.571 bits per heavy atom. The van der Waals surface area contributed by atoms with E-state index in [0.29, 0.717) is 0 Å². The van der Waals surface area contributed by atoms with Crippen LogP contribution in [0, 0.1) is 0 Å². The molecule has 0 unspecified atom stereocenters. The highest BCUT2D eigenvalue weighted by molar-refractivity contribution is 5.52. The van der Waals surface area contributed by atoms with E-state index in [9.17, 15) is 4.79 Å². The summed E-state index contributed by atoms with van der Waals surface area (Å²) in [6.45, 7) is 4.51. The van der Waals surface area contributed by atoms with Crippen LogP contribution in [0.2, 0.25) is 0 Å². The zero-order valence-electron chi connectivity index (χ0n) is 14.7. The van der Waals surface area contributed by atoms with Crippen LogP contribution in [0.5, 0.6) is 0 Å². The molecule has 124 valence electrons. The summed E-state index contributed by atoms with van der Waals surface area (Å²) in [6, 6.07) is 0. The van der Waals surface area contributed by atoms with Crippen molar-refractivity contribution in [2.45, 2.75) is 117 Å². The Balaban J connectivity index is 3.36. The van der Waals surface area contributed by atoms with Gasteiger partial charge in [-0.2, -0.15) is 0 Å². The molecule has 0 rings (SSSR count). The molecule has 0 atom stereocenters. The lowest BCUT2D eigenvalue weighted by atomic mass is 10.0. The maximum absolute atomic E-state index is 11.0. The summed E-state index contributed by atoms with van der Waals surface area (Å²) in [5, 5.41) is 0. The zero-order valence-corrected chi connectivity index (χ0v) is 14.7. The van der Waals surface area contributed by atoms with Crippen LogP contribution in [0.3, 0.4) is 0 Å². The van der Waals surface area contributed by atoms with Crippen LogP contribution >= 0.6 is 0 Å². The lowest BCUT2D eigenvalue weighted by Crippen LogP contribution is -1.88. The van der Waals surface area contributed by atoms with Crippen molar-refractivity contribution in [1.82, 2.24) is 0 Å². The minimum Gasteiger partial charge on any atom is -0.234 e. The van der Waals surface area contributed by atoms with Crippen molar-refractivity contribution in [2.24, 2.45) is 0 Å². The van der Waals surface area contributed by atoms with Crippen molar-refractivity contribution in [2.75, 3.05) is 0 Å². The Morgan fingerprint density at radius 2 is 0.905 bits per heavy atom. The molecular formula is C20H38O. The fourth-order valence-electron chi connectivity index (χ4n) is 2.82. The summed E-state index contributed by atoms with van der Waals surface area (Å²) >= 11 is 0. The van der Waals surface area contributed by atoms with Gasteiger partial charge >= 0.3 is 0 Å². The third kappa shape index (κ3) is 15.7. The van der Waals surface area contributed by atoms with Crippen LogP contribution in [-0.4, -0.2) is 5.94 Å². The third-order valence-corrected chi connectivity index (χ3v) is 4.31. The van der Waals surface area contributed by atoms with Crippen LogP contribution in [0.4, 0.5) is 0 Å². The Morgan fingerprint density at radius 3 is 1.24 bits per heavy atom. The average molecular weight is 295 g/mol. The Labute approximate surface area is 133 Å². The minimum absolute atomic E-state index is 0.993. The van der Waals surface area contributed by atoms with Gasteiger partial charge in [0.2, 0.25) is 0 Å². The second-order valence-corrected chi connectivity index (χ2v) is 6.45. The normalized spacial score (nSPS) is 10.6. The van der Waals surface area contributed by atoms with E-state index in [1.165, 1.54) is 89.9 Å². The van der Waals surface area contributed by atoms with Gasteiger partial charge in [-0.05, 0) is 25.7 Å². The second-order valence-electron chi connectivity index (χ2n) is 6.45. The van der Waals surface area contributed by atoms with E-state index in [4.69, 9.17) is 0 Å². The smallest absolute Gasteiger partial charge is 0.123 e. The molecule has 0 heterocycles. The van der Waals surface area contributed by atoms with E-state index in [0.717, 1.165) is 18.4 Å². The molecule has 0 spiro atoms. The van der Waals surface area contributed by atoms with E-state index in [-0.39, 0.29) is 0 Å². The maximum Gasteiger partial charge on any atom is 0.123 e. The first-order valence-electron chi connectivity index (χ1n) is 9.58. The van der Waals surface area contributed by atoms with Gasteiger partial charge in [0.25, 0.3) is 0 Å². The Kier molecular flexibility index (Phi) is 17.0. The molecule has 0 saturated carbocycles. The molecule has 0 fully saturated rings. The lowest BCUT2D eigenvalue weighted by Gasteiger charge is -2.04. The maximum atomic E-state index is 11.0. The largest absolute Gasteiger partial charge is 0.234 e. The summed E-state index contributed by atoms with van der Waals surface area (Å²) in [5.74, 6) is 2.19. The van der Waals surface area contributed by atoms with Gasteiger partial charge in [-0.1, -0.05) is 90.9 Å². The molecule has 0 aliphatic rings. The number of carbonyl (C=O) groups excluding carboxylic acids is 1. The second kappa shape index (κ2) is 17.5. The van der Waals surface area contributed by atoms with Crippen molar-refractivity contribution in [1.29, 1.82) is 0 Å². The predicted molar refractivity (Wildman–Crippen MR) is 94.4 cm³/mol. The van der Waals surface area contributed by atoms with Crippen LogP contribution in [0.15, 0.2) is 5.57 Å². The molecule has 0 saturated heterocycles. The fourth-order valence-corrected chi connectivity index (χ4v) is 2.82. The van der Waals surface area contributed by atoms with Crippen molar-refractivity contribution < 1.29 is 4.79 Å². The molecule has 0 aromatic rings. The predicted octanol–water partition coefficient (Wildman–Crippen LogP) is 7.03. The van der Waals surface area contributed by atoms with Crippen molar-refractivity contribution in [3.05, 3.63) is 5.57 Å². The van der Waals surface area contributed by atoms with Crippen LogP contribution in [0.25, 0.3) is 0 Å². The Hall–Kier alpha value is -0.550. The van der Waals surface area contributed by atoms with Gasteiger partial charge in [-0.25, -0.2) is 4.79 Å². The summed E-state index contributed by atoms with van der Waals surface area (Å²) in [6.07, 6.45) is 20.5. The number of rotatable bonds is 16. The molecule has 0 radical (unpaired) electrons. The SMILES string of the molecule is CCCCCCCCCC(=C=O)CCCCCCCCC. The summed E-state index contributed by atoms with van der Waals surface area (Å²) in [7, 11) is 0. The summed E-state index contributed by atoms with van der Waals surface area (Å²) in [5.41, 5.74) is 1.04. The Bertz CT molecular complexity index is 231. The molecular weight excluding hydrogens is 256 g/mol. The third-order valence-electron chi connectivity index (χ3n) is 4.31. The molecule has 0 aliphatic heterocycles. The average Bonchev–Trinajstić information content (AvgIpc) is 2.51. The van der Waals surface area contributed by atoms with Gasteiger partial charge in [0.15, 0.2) is 0 Å². The number of unbranched alkanes of at least 4 members (excludes halogenated alkanes) is 12. The highest BCUT2D eigenvalue weighted by Crippen LogP contribution is 2.16. The highest BCUT2D eigenvalue weighted by atomic mass is 16.1. The molecule has 1 heteroatoms. The van der Waals surface area contributed by atoms with Gasteiger partial charge < -0.3 is 0 Å². The van der Waals surface area contributed by atoms with Gasteiger partial charge in [0.1, 0.15) is 5.94 Å². The van der Waals surface area contributed by atoms with Gasteiger partial charge in [0.05, 0.1) is 0 Å². The first-order chi connectivity index (χ1) is 10.3. The highest BCUT2D eigenvalue weighted by Gasteiger charge is 2.00. The molecule has 0 amide bonds. The molecule has 21 heavy (non-hydrogen) atoms. The standard InChI is InChI=1S/C20H38O/c1-3-5-7-9-11-13-15-17-20(19-21)18-16-14-12-10-8-6-4-2/h3-18H2,1-2H3. The van der Waals surface area contributed by atoms with Crippen molar-refractivity contribution >= 4 is 5.94 Å².